The minimum Gasteiger partial charge on any atom is -0.496 e. The van der Waals surface area contributed by atoms with E-state index in [9.17, 15) is 8.42 Å². The summed E-state index contributed by atoms with van der Waals surface area (Å²) in [5, 5.41) is 5.72. The van der Waals surface area contributed by atoms with E-state index in [4.69, 9.17) is 9.26 Å². The van der Waals surface area contributed by atoms with E-state index in [1.165, 1.54) is 0 Å². The average Bonchev–Trinajstić information content (AvgIpc) is 3.40. The molecule has 4 rings (SSSR count). The summed E-state index contributed by atoms with van der Waals surface area (Å²) in [6, 6.07) is 17.4. The Balaban J connectivity index is 1.63. The number of thiophene rings is 1. The molecule has 142 valence electrons. The summed E-state index contributed by atoms with van der Waals surface area (Å²) in [6.07, 6.45) is 0. The van der Waals surface area contributed by atoms with E-state index in [1.54, 1.807) is 55.0 Å². The Morgan fingerprint density at radius 2 is 1.93 bits per heavy atom. The Kier molecular flexibility index (Phi) is 4.84. The maximum atomic E-state index is 12.4. The summed E-state index contributed by atoms with van der Waals surface area (Å²) < 4.78 is 38.3. The second kappa shape index (κ2) is 7.45. The number of hydrogen-bond acceptors (Lipinski definition) is 7. The predicted octanol–water partition coefficient (Wildman–Crippen LogP) is 4.27. The Labute approximate surface area is 165 Å². The number of nitrogens with zero attached hydrogens (tertiary/aromatic N) is 2. The van der Waals surface area contributed by atoms with Crippen molar-refractivity contribution in [3.8, 4) is 28.6 Å². The van der Waals surface area contributed by atoms with Crippen LogP contribution >= 0.6 is 11.3 Å². The van der Waals surface area contributed by atoms with Crippen molar-refractivity contribution in [2.75, 3.05) is 11.8 Å². The van der Waals surface area contributed by atoms with Gasteiger partial charge in [0.1, 0.15) is 9.96 Å². The number of anilines is 1. The molecule has 0 amide bonds. The van der Waals surface area contributed by atoms with Crippen LogP contribution in [0.15, 0.2) is 74.8 Å². The van der Waals surface area contributed by atoms with E-state index in [0.29, 0.717) is 34.3 Å². The minimum atomic E-state index is -3.63. The van der Waals surface area contributed by atoms with Crippen molar-refractivity contribution in [2.24, 2.45) is 0 Å². The first-order chi connectivity index (χ1) is 13.6. The standard InChI is InChI=1S/C19H15N3O4S2/c1-25-16-9-3-2-8-15(16)19-20-18(21-26-19)13-6-4-7-14(12-13)22-28(23,24)17-10-5-11-27-17/h2-12,22H,1H3. The zero-order chi connectivity index (χ0) is 19.6. The van der Waals surface area contributed by atoms with Gasteiger partial charge in [0, 0.05) is 11.3 Å². The number of aromatic nitrogens is 2. The first-order valence-electron chi connectivity index (χ1n) is 8.21. The Morgan fingerprint density at radius 3 is 2.71 bits per heavy atom. The van der Waals surface area contributed by atoms with Crippen molar-refractivity contribution in [1.82, 2.24) is 10.1 Å². The van der Waals surface area contributed by atoms with Gasteiger partial charge in [-0.3, -0.25) is 4.72 Å². The van der Waals surface area contributed by atoms with Gasteiger partial charge in [0.2, 0.25) is 5.82 Å². The van der Waals surface area contributed by atoms with Crippen LogP contribution in [-0.2, 0) is 10.0 Å². The first kappa shape index (κ1) is 18.2. The van der Waals surface area contributed by atoms with Crippen LogP contribution in [0.25, 0.3) is 22.8 Å². The Hall–Kier alpha value is -3.17. The Bertz CT molecular complexity index is 1200. The van der Waals surface area contributed by atoms with Crippen molar-refractivity contribution in [3.63, 3.8) is 0 Å². The van der Waals surface area contributed by atoms with Gasteiger partial charge >= 0.3 is 0 Å². The van der Waals surface area contributed by atoms with Crippen LogP contribution in [0, 0.1) is 0 Å². The highest BCUT2D eigenvalue weighted by Crippen LogP contribution is 2.30. The lowest BCUT2D eigenvalue weighted by Crippen LogP contribution is -2.11. The number of rotatable bonds is 6. The lowest BCUT2D eigenvalue weighted by Gasteiger charge is -2.07. The van der Waals surface area contributed by atoms with Gasteiger partial charge < -0.3 is 9.26 Å². The zero-order valence-electron chi connectivity index (χ0n) is 14.7. The van der Waals surface area contributed by atoms with Gasteiger partial charge in [-0.15, -0.1) is 11.3 Å². The fourth-order valence-corrected chi connectivity index (χ4v) is 4.66. The molecule has 0 saturated heterocycles. The summed E-state index contributed by atoms with van der Waals surface area (Å²) >= 11 is 1.15. The molecule has 0 radical (unpaired) electrons. The van der Waals surface area contributed by atoms with Crippen LogP contribution in [0.3, 0.4) is 0 Å². The third-order valence-corrected chi connectivity index (χ3v) is 6.68. The smallest absolute Gasteiger partial charge is 0.271 e. The molecule has 0 atom stereocenters. The van der Waals surface area contributed by atoms with Crippen LogP contribution in [0.4, 0.5) is 5.69 Å². The van der Waals surface area contributed by atoms with Crippen LogP contribution in [0.2, 0.25) is 0 Å². The highest BCUT2D eigenvalue weighted by Gasteiger charge is 2.17. The lowest BCUT2D eigenvalue weighted by molar-refractivity contribution is 0.405. The molecule has 0 unspecified atom stereocenters. The van der Waals surface area contributed by atoms with E-state index < -0.39 is 10.0 Å². The second-order valence-corrected chi connectivity index (χ2v) is 8.60. The number of ether oxygens (including phenoxy) is 1. The number of sulfonamides is 1. The Morgan fingerprint density at radius 1 is 1.07 bits per heavy atom. The molecular weight excluding hydrogens is 398 g/mol. The minimum absolute atomic E-state index is 0.246. The zero-order valence-corrected chi connectivity index (χ0v) is 16.3. The SMILES string of the molecule is COc1ccccc1-c1nc(-c2cccc(NS(=O)(=O)c3cccs3)c2)no1. The number of benzene rings is 2. The third-order valence-electron chi connectivity index (χ3n) is 3.90. The molecule has 9 heteroatoms. The maximum Gasteiger partial charge on any atom is 0.271 e. The normalized spacial score (nSPS) is 11.3. The topological polar surface area (TPSA) is 94.3 Å². The van der Waals surface area contributed by atoms with Crippen molar-refractivity contribution in [3.05, 3.63) is 66.0 Å². The van der Waals surface area contributed by atoms with Crippen LogP contribution in [0.1, 0.15) is 0 Å². The van der Waals surface area contributed by atoms with Crippen molar-refractivity contribution in [1.29, 1.82) is 0 Å². The molecule has 0 spiro atoms. The summed E-state index contributed by atoms with van der Waals surface area (Å²) in [7, 11) is -2.06. The molecule has 0 aliphatic heterocycles. The molecular formula is C19H15N3O4S2. The van der Waals surface area contributed by atoms with Crippen molar-refractivity contribution in [2.45, 2.75) is 4.21 Å². The molecule has 0 bridgehead atoms. The second-order valence-electron chi connectivity index (χ2n) is 5.74. The van der Waals surface area contributed by atoms with E-state index in [-0.39, 0.29) is 4.21 Å². The molecule has 2 heterocycles. The highest BCUT2D eigenvalue weighted by molar-refractivity contribution is 7.94. The fourth-order valence-electron chi connectivity index (χ4n) is 2.62. The predicted molar refractivity (Wildman–Crippen MR) is 107 cm³/mol. The summed E-state index contributed by atoms with van der Waals surface area (Å²) in [4.78, 5) is 4.41. The van der Waals surface area contributed by atoms with E-state index in [2.05, 4.69) is 14.9 Å². The lowest BCUT2D eigenvalue weighted by atomic mass is 10.2. The van der Waals surface area contributed by atoms with Gasteiger partial charge in [-0.05, 0) is 35.7 Å². The van der Waals surface area contributed by atoms with Crippen LogP contribution in [0.5, 0.6) is 5.75 Å². The number of nitrogens with one attached hydrogen (secondary N) is 1. The molecule has 7 nitrogen and oxygen atoms in total. The van der Waals surface area contributed by atoms with E-state index >= 15 is 0 Å². The first-order valence-corrected chi connectivity index (χ1v) is 10.6. The molecule has 28 heavy (non-hydrogen) atoms. The van der Waals surface area contributed by atoms with Gasteiger partial charge in [0.15, 0.2) is 0 Å². The van der Waals surface area contributed by atoms with E-state index in [0.717, 1.165) is 11.3 Å². The molecule has 0 aliphatic carbocycles. The number of methoxy groups -OCH3 is 1. The maximum absolute atomic E-state index is 12.4. The van der Waals surface area contributed by atoms with Gasteiger partial charge in [0.05, 0.1) is 12.7 Å². The summed E-state index contributed by atoms with van der Waals surface area (Å²) in [5.41, 5.74) is 1.71. The van der Waals surface area contributed by atoms with Crippen molar-refractivity contribution < 1.29 is 17.7 Å². The van der Waals surface area contributed by atoms with Gasteiger partial charge in [-0.1, -0.05) is 35.5 Å². The summed E-state index contributed by atoms with van der Waals surface area (Å²) in [5.74, 6) is 1.28. The molecule has 4 aromatic rings. The van der Waals surface area contributed by atoms with Gasteiger partial charge in [0.25, 0.3) is 15.9 Å². The molecule has 0 fully saturated rings. The molecule has 2 aromatic heterocycles. The van der Waals surface area contributed by atoms with Crippen molar-refractivity contribution >= 4 is 27.0 Å². The highest BCUT2D eigenvalue weighted by atomic mass is 32.2. The quantitative estimate of drug-likeness (QED) is 0.507. The molecule has 1 N–H and O–H groups in total. The van der Waals surface area contributed by atoms with E-state index in [1.807, 2.05) is 18.2 Å². The largest absolute Gasteiger partial charge is 0.496 e. The van der Waals surface area contributed by atoms with Crippen LogP contribution in [-0.4, -0.2) is 25.7 Å². The number of para-hydroxylation sites is 1. The average molecular weight is 413 g/mol. The summed E-state index contributed by atoms with van der Waals surface area (Å²) in [6.45, 7) is 0. The number of hydrogen-bond donors (Lipinski definition) is 1. The third kappa shape index (κ3) is 3.62. The fraction of sp³-hybridized carbons (Fsp3) is 0.0526. The van der Waals surface area contributed by atoms with Crippen LogP contribution < -0.4 is 9.46 Å². The van der Waals surface area contributed by atoms with Gasteiger partial charge in [-0.25, -0.2) is 8.42 Å². The molecule has 0 saturated carbocycles. The molecule has 0 aliphatic rings. The molecule has 2 aromatic carbocycles. The van der Waals surface area contributed by atoms with Gasteiger partial charge in [-0.2, -0.15) is 4.98 Å². The monoisotopic (exact) mass is 413 g/mol.